The molecule has 0 saturated carbocycles. The minimum atomic E-state index is -1.19. The Morgan fingerprint density at radius 3 is 2.67 bits per heavy atom. The van der Waals surface area contributed by atoms with Crippen LogP contribution in [0.5, 0.6) is 0 Å². The van der Waals surface area contributed by atoms with Gasteiger partial charge in [-0.1, -0.05) is 37.4 Å². The molecule has 0 bridgehead atoms. The molecule has 0 radical (unpaired) electrons. The van der Waals surface area contributed by atoms with E-state index in [9.17, 15) is 19.7 Å². The van der Waals surface area contributed by atoms with Crippen LogP contribution in [0.1, 0.15) is 36.5 Å². The van der Waals surface area contributed by atoms with E-state index in [1.54, 1.807) is 0 Å². The summed E-state index contributed by atoms with van der Waals surface area (Å²) in [6.45, 7) is 1.89. The summed E-state index contributed by atoms with van der Waals surface area (Å²) in [6.07, 6.45) is 1.63. The zero-order valence-electron chi connectivity index (χ0n) is 11.3. The third kappa shape index (κ3) is 4.42. The Bertz CT molecular complexity index is 561. The molecule has 1 amide bonds. The van der Waals surface area contributed by atoms with Gasteiger partial charge >= 0.3 is 5.97 Å². The molecule has 0 aliphatic carbocycles. The predicted octanol–water partition coefficient (Wildman–Crippen LogP) is 2.62. The fourth-order valence-electron chi connectivity index (χ4n) is 1.79. The Morgan fingerprint density at radius 1 is 1.48 bits per heavy atom. The molecule has 7 nitrogen and oxygen atoms in total. The summed E-state index contributed by atoms with van der Waals surface area (Å²) in [5.74, 6) is -2.05. The van der Waals surface area contributed by atoms with Gasteiger partial charge in [0.05, 0.1) is 9.95 Å². The van der Waals surface area contributed by atoms with E-state index in [2.05, 4.69) is 5.32 Å². The van der Waals surface area contributed by atoms with Crippen LogP contribution < -0.4 is 5.32 Å². The highest BCUT2D eigenvalue weighted by Gasteiger charge is 2.27. The number of carbonyl (C=O) groups is 2. The molecule has 21 heavy (non-hydrogen) atoms. The van der Waals surface area contributed by atoms with Gasteiger partial charge in [0.15, 0.2) is 0 Å². The van der Waals surface area contributed by atoms with E-state index in [0.29, 0.717) is 6.42 Å². The lowest BCUT2D eigenvalue weighted by molar-refractivity contribution is -0.385. The van der Waals surface area contributed by atoms with Crippen molar-refractivity contribution in [3.05, 3.63) is 38.9 Å². The van der Waals surface area contributed by atoms with Crippen LogP contribution in [0.25, 0.3) is 0 Å². The number of hydrogen-bond acceptors (Lipinski definition) is 4. The third-order valence-electron chi connectivity index (χ3n) is 2.87. The second-order valence-corrected chi connectivity index (χ2v) is 4.80. The van der Waals surface area contributed by atoms with Gasteiger partial charge in [-0.3, -0.25) is 14.9 Å². The monoisotopic (exact) mass is 314 g/mol. The van der Waals surface area contributed by atoms with Crippen LogP contribution in [0.2, 0.25) is 5.02 Å². The molecule has 0 saturated heterocycles. The van der Waals surface area contributed by atoms with Gasteiger partial charge in [-0.25, -0.2) is 4.79 Å². The molecule has 8 heteroatoms. The number of nitro benzene ring substituents is 1. The number of nitrogens with zero attached hydrogens (tertiary/aromatic N) is 1. The van der Waals surface area contributed by atoms with Gasteiger partial charge in [0, 0.05) is 6.07 Å². The lowest BCUT2D eigenvalue weighted by Gasteiger charge is -2.14. The molecule has 1 rings (SSSR count). The average molecular weight is 315 g/mol. The first kappa shape index (κ1) is 16.9. The van der Waals surface area contributed by atoms with Crippen LogP contribution in [0.3, 0.4) is 0 Å². The van der Waals surface area contributed by atoms with Gasteiger partial charge in [-0.15, -0.1) is 0 Å². The fraction of sp³-hybridized carbons (Fsp3) is 0.385. The number of halogens is 1. The molecule has 0 heterocycles. The van der Waals surface area contributed by atoms with Gasteiger partial charge in [0.2, 0.25) is 0 Å². The highest BCUT2D eigenvalue weighted by atomic mass is 35.5. The maximum atomic E-state index is 12.1. The van der Waals surface area contributed by atoms with Crippen molar-refractivity contribution in [3.8, 4) is 0 Å². The Kier molecular flexibility index (Phi) is 6.10. The van der Waals surface area contributed by atoms with Crippen molar-refractivity contribution >= 4 is 29.2 Å². The molecule has 0 fully saturated rings. The number of rotatable bonds is 7. The Morgan fingerprint density at radius 2 is 2.14 bits per heavy atom. The summed E-state index contributed by atoms with van der Waals surface area (Å²) < 4.78 is 0. The van der Waals surface area contributed by atoms with E-state index in [4.69, 9.17) is 16.7 Å². The minimum absolute atomic E-state index is 0.0960. The molecule has 0 aliphatic heterocycles. The van der Waals surface area contributed by atoms with Crippen LogP contribution in [-0.4, -0.2) is 27.9 Å². The van der Waals surface area contributed by atoms with Crippen molar-refractivity contribution < 1.29 is 19.6 Å². The van der Waals surface area contributed by atoms with Gasteiger partial charge in [0.1, 0.15) is 11.6 Å². The van der Waals surface area contributed by atoms with Gasteiger partial charge in [0.25, 0.3) is 11.6 Å². The number of carboxylic acid groups (broad SMARTS) is 1. The molecule has 0 aliphatic rings. The maximum absolute atomic E-state index is 12.1. The topological polar surface area (TPSA) is 110 Å². The van der Waals surface area contributed by atoms with Crippen LogP contribution in [0.15, 0.2) is 18.2 Å². The Balaban J connectivity index is 3.02. The fourth-order valence-corrected chi connectivity index (χ4v) is 2.04. The molecule has 1 atom stereocenters. The lowest BCUT2D eigenvalue weighted by atomic mass is 10.1. The largest absolute Gasteiger partial charge is 0.480 e. The summed E-state index contributed by atoms with van der Waals surface area (Å²) in [5, 5.41) is 22.2. The van der Waals surface area contributed by atoms with Crippen LogP contribution >= 0.6 is 11.6 Å². The van der Waals surface area contributed by atoms with Crippen LogP contribution in [0, 0.1) is 10.1 Å². The number of hydrogen-bond donors (Lipinski definition) is 2. The highest BCUT2D eigenvalue weighted by Crippen LogP contribution is 2.26. The Hall–Kier alpha value is -2.15. The molecule has 2 N–H and O–H groups in total. The third-order valence-corrected chi connectivity index (χ3v) is 3.18. The zero-order valence-corrected chi connectivity index (χ0v) is 12.1. The van der Waals surface area contributed by atoms with E-state index in [1.807, 2.05) is 6.92 Å². The number of carbonyl (C=O) groups excluding carboxylic acids is 1. The van der Waals surface area contributed by atoms with Crippen LogP contribution in [-0.2, 0) is 4.79 Å². The molecule has 1 aromatic carbocycles. The summed E-state index contributed by atoms with van der Waals surface area (Å²) in [6, 6.07) is 2.73. The number of amides is 1. The molecule has 1 aromatic rings. The molecular formula is C13H15ClN2O5. The molecule has 114 valence electrons. The summed E-state index contributed by atoms with van der Waals surface area (Å²) in [5.41, 5.74) is -0.786. The normalized spacial score (nSPS) is 11.7. The number of nitrogens with one attached hydrogen (secondary N) is 1. The van der Waals surface area contributed by atoms with E-state index in [0.717, 1.165) is 12.5 Å². The Labute approximate surface area is 126 Å². The number of aliphatic carboxylic acids is 1. The van der Waals surface area contributed by atoms with E-state index in [1.165, 1.54) is 12.1 Å². The molecular weight excluding hydrogens is 300 g/mol. The number of carboxylic acids is 1. The SMILES string of the molecule is CCCC[C@H](NC(=O)c1c(Cl)cccc1[N+](=O)[O-])C(=O)O. The highest BCUT2D eigenvalue weighted by molar-refractivity contribution is 6.34. The second-order valence-electron chi connectivity index (χ2n) is 4.40. The van der Waals surface area contributed by atoms with Gasteiger partial charge < -0.3 is 10.4 Å². The smallest absolute Gasteiger partial charge is 0.326 e. The second kappa shape index (κ2) is 7.58. The van der Waals surface area contributed by atoms with Crippen molar-refractivity contribution in [3.63, 3.8) is 0 Å². The zero-order chi connectivity index (χ0) is 16.0. The molecule has 0 spiro atoms. The van der Waals surface area contributed by atoms with Gasteiger partial charge in [-0.05, 0) is 12.5 Å². The molecule has 0 unspecified atom stereocenters. The van der Waals surface area contributed by atoms with E-state index in [-0.39, 0.29) is 17.0 Å². The van der Waals surface area contributed by atoms with Gasteiger partial charge in [-0.2, -0.15) is 0 Å². The van der Waals surface area contributed by atoms with Crippen molar-refractivity contribution in [1.29, 1.82) is 0 Å². The number of unbranched alkanes of at least 4 members (excludes halogenated alkanes) is 1. The van der Waals surface area contributed by atoms with Crippen LogP contribution in [0.4, 0.5) is 5.69 Å². The lowest BCUT2D eigenvalue weighted by Crippen LogP contribution is -2.41. The first-order valence-electron chi connectivity index (χ1n) is 6.35. The van der Waals surface area contributed by atoms with Crippen molar-refractivity contribution in [2.45, 2.75) is 32.2 Å². The summed E-state index contributed by atoms with van der Waals surface area (Å²) >= 11 is 5.82. The predicted molar refractivity (Wildman–Crippen MR) is 76.5 cm³/mol. The maximum Gasteiger partial charge on any atom is 0.326 e. The quantitative estimate of drug-likeness (QED) is 0.594. The van der Waals surface area contributed by atoms with Crippen molar-refractivity contribution in [2.24, 2.45) is 0 Å². The summed E-state index contributed by atoms with van der Waals surface area (Å²) in [7, 11) is 0. The molecule has 0 aromatic heterocycles. The standard InChI is InChI=1S/C13H15ClN2O5/c1-2-3-6-9(13(18)19)15-12(17)11-8(14)5-4-7-10(11)16(20)21/h4-5,7,9H,2-3,6H2,1H3,(H,15,17)(H,18,19)/t9-/m0/s1. The van der Waals surface area contributed by atoms with E-state index >= 15 is 0 Å². The van der Waals surface area contributed by atoms with Crippen molar-refractivity contribution in [2.75, 3.05) is 0 Å². The summed E-state index contributed by atoms with van der Waals surface area (Å²) in [4.78, 5) is 33.4. The number of nitro groups is 1. The average Bonchev–Trinajstić information content (AvgIpc) is 2.42. The van der Waals surface area contributed by atoms with Crippen molar-refractivity contribution in [1.82, 2.24) is 5.32 Å². The minimum Gasteiger partial charge on any atom is -0.480 e. The first-order chi connectivity index (χ1) is 9.88. The van der Waals surface area contributed by atoms with E-state index < -0.39 is 28.5 Å². The number of benzene rings is 1. The first-order valence-corrected chi connectivity index (χ1v) is 6.72.